The monoisotopic (exact) mass is 250 g/mol. The van der Waals surface area contributed by atoms with Gasteiger partial charge in [-0.2, -0.15) is 0 Å². The van der Waals surface area contributed by atoms with Gasteiger partial charge in [0.05, 0.1) is 12.2 Å². The molecule has 1 saturated heterocycles. The minimum atomic E-state index is 0.242. The fourth-order valence-electron chi connectivity index (χ4n) is 2.30. The standard InChI is InChI=1S/C13H22N4O/c1-5-11-15-12(14-4)6-13(16-11)17-7-9(2)18-10(3)8-17/h6,9-10H,5,7-8H2,1-4H3,(H,14,15,16). The summed E-state index contributed by atoms with van der Waals surface area (Å²) in [6.07, 6.45) is 1.33. The zero-order valence-corrected chi connectivity index (χ0v) is 11.6. The van der Waals surface area contributed by atoms with Gasteiger partial charge in [-0.3, -0.25) is 0 Å². The van der Waals surface area contributed by atoms with Gasteiger partial charge >= 0.3 is 0 Å². The molecule has 1 aliphatic rings. The summed E-state index contributed by atoms with van der Waals surface area (Å²) in [5.41, 5.74) is 0. The molecule has 2 unspecified atom stereocenters. The normalized spacial score (nSPS) is 24.1. The number of aryl methyl sites for hydroxylation is 1. The van der Waals surface area contributed by atoms with E-state index >= 15 is 0 Å². The van der Waals surface area contributed by atoms with Crippen molar-refractivity contribution in [3.8, 4) is 0 Å². The van der Waals surface area contributed by atoms with Gasteiger partial charge in [-0.25, -0.2) is 9.97 Å². The third-order valence-electron chi connectivity index (χ3n) is 3.07. The second-order valence-electron chi connectivity index (χ2n) is 4.79. The van der Waals surface area contributed by atoms with E-state index in [0.29, 0.717) is 0 Å². The predicted molar refractivity (Wildman–Crippen MR) is 73.2 cm³/mol. The average molecular weight is 250 g/mol. The van der Waals surface area contributed by atoms with Crippen molar-refractivity contribution in [1.82, 2.24) is 9.97 Å². The topological polar surface area (TPSA) is 50.3 Å². The van der Waals surface area contributed by atoms with Gasteiger partial charge in [-0.1, -0.05) is 6.92 Å². The van der Waals surface area contributed by atoms with Crippen molar-refractivity contribution in [2.45, 2.75) is 39.4 Å². The second-order valence-corrected chi connectivity index (χ2v) is 4.79. The summed E-state index contributed by atoms with van der Waals surface area (Å²) < 4.78 is 5.75. The van der Waals surface area contributed by atoms with E-state index in [0.717, 1.165) is 37.0 Å². The molecule has 1 fully saturated rings. The first-order valence-corrected chi connectivity index (χ1v) is 6.58. The predicted octanol–water partition coefficient (Wildman–Crippen LogP) is 1.69. The van der Waals surface area contributed by atoms with Gasteiger partial charge < -0.3 is 15.0 Å². The number of nitrogens with zero attached hydrogens (tertiary/aromatic N) is 3. The second kappa shape index (κ2) is 5.52. The smallest absolute Gasteiger partial charge is 0.134 e. The Morgan fingerprint density at radius 2 is 2.00 bits per heavy atom. The number of aromatic nitrogens is 2. The Bertz CT molecular complexity index is 378. The molecule has 0 aromatic carbocycles. The molecule has 0 saturated carbocycles. The summed E-state index contributed by atoms with van der Waals surface area (Å²) in [6, 6.07) is 2.00. The van der Waals surface area contributed by atoms with Crippen LogP contribution in [-0.4, -0.2) is 42.3 Å². The number of ether oxygens (including phenoxy) is 1. The lowest BCUT2D eigenvalue weighted by Crippen LogP contribution is -2.46. The van der Waals surface area contributed by atoms with Crippen molar-refractivity contribution >= 4 is 11.6 Å². The highest BCUT2D eigenvalue weighted by Crippen LogP contribution is 2.20. The molecule has 2 heterocycles. The van der Waals surface area contributed by atoms with Gasteiger partial charge in [-0.05, 0) is 13.8 Å². The van der Waals surface area contributed by atoms with E-state index in [-0.39, 0.29) is 12.2 Å². The highest BCUT2D eigenvalue weighted by atomic mass is 16.5. The van der Waals surface area contributed by atoms with Crippen LogP contribution in [0, 0.1) is 0 Å². The van der Waals surface area contributed by atoms with Crippen LogP contribution in [0.4, 0.5) is 11.6 Å². The van der Waals surface area contributed by atoms with Crippen LogP contribution in [0.15, 0.2) is 6.07 Å². The van der Waals surface area contributed by atoms with Crippen LogP contribution >= 0.6 is 0 Å². The third kappa shape index (κ3) is 2.90. The van der Waals surface area contributed by atoms with Gasteiger partial charge in [0.1, 0.15) is 17.5 Å². The van der Waals surface area contributed by atoms with Gasteiger partial charge in [0, 0.05) is 32.6 Å². The van der Waals surface area contributed by atoms with Crippen molar-refractivity contribution in [3.05, 3.63) is 11.9 Å². The largest absolute Gasteiger partial charge is 0.373 e. The zero-order valence-electron chi connectivity index (χ0n) is 11.6. The van der Waals surface area contributed by atoms with Crippen molar-refractivity contribution in [1.29, 1.82) is 0 Å². The molecule has 0 spiro atoms. The molecule has 18 heavy (non-hydrogen) atoms. The van der Waals surface area contributed by atoms with Gasteiger partial charge in [0.25, 0.3) is 0 Å². The maximum Gasteiger partial charge on any atom is 0.134 e. The molecule has 2 atom stereocenters. The number of rotatable bonds is 3. The Hall–Kier alpha value is -1.36. The number of anilines is 2. The maximum absolute atomic E-state index is 5.75. The molecule has 5 heteroatoms. The molecular formula is C13H22N4O. The van der Waals surface area contributed by atoms with Crippen LogP contribution in [0.25, 0.3) is 0 Å². The molecule has 1 aromatic rings. The van der Waals surface area contributed by atoms with Gasteiger partial charge in [-0.15, -0.1) is 0 Å². The first-order valence-electron chi connectivity index (χ1n) is 6.58. The lowest BCUT2D eigenvalue weighted by atomic mass is 10.2. The molecule has 1 aliphatic heterocycles. The van der Waals surface area contributed by atoms with E-state index in [4.69, 9.17) is 4.74 Å². The summed E-state index contributed by atoms with van der Waals surface area (Å²) in [5.74, 6) is 2.75. The van der Waals surface area contributed by atoms with E-state index < -0.39 is 0 Å². The summed E-state index contributed by atoms with van der Waals surface area (Å²) in [7, 11) is 1.89. The minimum absolute atomic E-state index is 0.242. The Kier molecular flexibility index (Phi) is 4.01. The fraction of sp³-hybridized carbons (Fsp3) is 0.692. The molecule has 0 radical (unpaired) electrons. The van der Waals surface area contributed by atoms with Gasteiger partial charge in [0.2, 0.25) is 0 Å². The fourth-order valence-corrected chi connectivity index (χ4v) is 2.30. The molecule has 100 valence electrons. The summed E-state index contributed by atoms with van der Waals surface area (Å²) in [5, 5.41) is 3.09. The molecule has 1 N–H and O–H groups in total. The molecule has 0 bridgehead atoms. The number of hydrogen-bond donors (Lipinski definition) is 1. The Balaban J connectivity index is 2.25. The highest BCUT2D eigenvalue weighted by Gasteiger charge is 2.23. The Labute approximate surface area is 109 Å². The summed E-state index contributed by atoms with van der Waals surface area (Å²) in [4.78, 5) is 11.3. The summed E-state index contributed by atoms with van der Waals surface area (Å²) in [6.45, 7) is 8.04. The molecule has 0 amide bonds. The van der Waals surface area contributed by atoms with Crippen molar-refractivity contribution in [3.63, 3.8) is 0 Å². The molecule has 5 nitrogen and oxygen atoms in total. The van der Waals surface area contributed by atoms with Crippen molar-refractivity contribution in [2.24, 2.45) is 0 Å². The van der Waals surface area contributed by atoms with E-state index in [9.17, 15) is 0 Å². The number of morpholine rings is 1. The highest BCUT2D eigenvalue weighted by molar-refractivity contribution is 5.49. The molecule has 0 aliphatic carbocycles. The SMILES string of the molecule is CCc1nc(NC)cc(N2CC(C)OC(C)C2)n1. The lowest BCUT2D eigenvalue weighted by molar-refractivity contribution is -0.00547. The van der Waals surface area contributed by atoms with Crippen LogP contribution in [0.3, 0.4) is 0 Å². The van der Waals surface area contributed by atoms with Crippen LogP contribution in [-0.2, 0) is 11.2 Å². The average Bonchev–Trinajstić information content (AvgIpc) is 2.37. The van der Waals surface area contributed by atoms with E-state index in [1.165, 1.54) is 0 Å². The lowest BCUT2D eigenvalue weighted by Gasteiger charge is -2.36. The summed E-state index contributed by atoms with van der Waals surface area (Å²) >= 11 is 0. The molecule has 2 rings (SSSR count). The van der Waals surface area contributed by atoms with Crippen molar-refractivity contribution in [2.75, 3.05) is 30.4 Å². The van der Waals surface area contributed by atoms with Crippen LogP contribution in [0.5, 0.6) is 0 Å². The van der Waals surface area contributed by atoms with Gasteiger partial charge in [0.15, 0.2) is 0 Å². The van der Waals surface area contributed by atoms with Crippen molar-refractivity contribution < 1.29 is 4.74 Å². The quantitative estimate of drug-likeness (QED) is 0.884. The Morgan fingerprint density at radius 3 is 2.56 bits per heavy atom. The van der Waals surface area contributed by atoms with Crippen LogP contribution < -0.4 is 10.2 Å². The number of nitrogens with one attached hydrogen (secondary N) is 1. The van der Waals surface area contributed by atoms with E-state index in [2.05, 4.69) is 41.0 Å². The molecule has 1 aromatic heterocycles. The zero-order chi connectivity index (χ0) is 13.1. The third-order valence-corrected chi connectivity index (χ3v) is 3.07. The first-order chi connectivity index (χ1) is 8.62. The number of hydrogen-bond acceptors (Lipinski definition) is 5. The van der Waals surface area contributed by atoms with E-state index in [1.54, 1.807) is 0 Å². The maximum atomic E-state index is 5.75. The van der Waals surface area contributed by atoms with E-state index in [1.807, 2.05) is 13.1 Å². The minimum Gasteiger partial charge on any atom is -0.373 e. The van der Waals surface area contributed by atoms with Crippen LogP contribution in [0.2, 0.25) is 0 Å². The van der Waals surface area contributed by atoms with Crippen LogP contribution in [0.1, 0.15) is 26.6 Å². The Morgan fingerprint density at radius 1 is 1.33 bits per heavy atom. The first kappa shape index (κ1) is 13.1. The molecular weight excluding hydrogens is 228 g/mol.